The van der Waals surface area contributed by atoms with E-state index in [0.717, 1.165) is 0 Å². The molecular formula is C10H16Cl2S. The SMILES string of the molecule is CC1(C)CCC(C)(C)C12SC2(Cl)Cl. The Morgan fingerprint density at radius 3 is 1.38 bits per heavy atom. The summed E-state index contributed by atoms with van der Waals surface area (Å²) in [4.78, 5) is 0. The average molecular weight is 239 g/mol. The number of rotatable bonds is 0. The Balaban J connectivity index is 2.45. The summed E-state index contributed by atoms with van der Waals surface area (Å²) in [5.74, 6) is 0. The number of hydrogen-bond donors (Lipinski definition) is 0. The average Bonchev–Trinajstić information content (AvgIpc) is 2.48. The van der Waals surface area contributed by atoms with Crippen molar-refractivity contribution in [3.8, 4) is 0 Å². The summed E-state index contributed by atoms with van der Waals surface area (Å²) in [6.45, 7) is 9.17. The molecule has 1 saturated carbocycles. The molecule has 1 spiro atoms. The van der Waals surface area contributed by atoms with Gasteiger partial charge in [-0.25, -0.2) is 0 Å². The predicted molar refractivity (Wildman–Crippen MR) is 61.6 cm³/mol. The summed E-state index contributed by atoms with van der Waals surface area (Å²) >= 11 is 14.4. The summed E-state index contributed by atoms with van der Waals surface area (Å²) in [7, 11) is 0. The second-order valence-corrected chi connectivity index (χ2v) is 8.77. The maximum Gasteiger partial charge on any atom is 0.179 e. The third-order valence-electron chi connectivity index (χ3n) is 3.93. The van der Waals surface area contributed by atoms with Crippen LogP contribution < -0.4 is 0 Å². The van der Waals surface area contributed by atoms with Gasteiger partial charge in [0.05, 0.1) is 4.75 Å². The Morgan fingerprint density at radius 2 is 1.23 bits per heavy atom. The summed E-state index contributed by atoms with van der Waals surface area (Å²) in [6, 6.07) is 0. The molecule has 13 heavy (non-hydrogen) atoms. The molecule has 0 atom stereocenters. The van der Waals surface area contributed by atoms with E-state index in [9.17, 15) is 0 Å². The molecule has 0 aromatic heterocycles. The molecule has 0 N–H and O–H groups in total. The standard InChI is InChI=1S/C10H16Cl2S/c1-7(2)5-6-8(3,4)9(7)10(11,12)13-9/h5-6H2,1-4H3. The quantitative estimate of drug-likeness (QED) is 0.444. The van der Waals surface area contributed by atoms with Crippen molar-refractivity contribution in [2.45, 2.75) is 48.9 Å². The summed E-state index contributed by atoms with van der Waals surface area (Å²) in [5.41, 5.74) is 0.537. The lowest BCUT2D eigenvalue weighted by atomic mass is 9.73. The van der Waals surface area contributed by atoms with Crippen LogP contribution in [0.1, 0.15) is 40.5 Å². The molecule has 2 aliphatic rings. The van der Waals surface area contributed by atoms with Crippen LogP contribution in [0, 0.1) is 10.8 Å². The molecule has 0 radical (unpaired) electrons. The first kappa shape index (κ1) is 10.4. The zero-order valence-electron chi connectivity index (χ0n) is 8.58. The van der Waals surface area contributed by atoms with Crippen molar-refractivity contribution in [1.29, 1.82) is 0 Å². The van der Waals surface area contributed by atoms with Gasteiger partial charge >= 0.3 is 0 Å². The maximum absolute atomic E-state index is 6.30. The van der Waals surface area contributed by atoms with Crippen molar-refractivity contribution < 1.29 is 0 Å². The largest absolute Gasteiger partial charge is 0.179 e. The molecule has 0 bridgehead atoms. The van der Waals surface area contributed by atoms with Gasteiger partial charge in [0.15, 0.2) is 3.67 Å². The zero-order chi connectivity index (χ0) is 10.1. The second kappa shape index (κ2) is 2.36. The van der Waals surface area contributed by atoms with Gasteiger partial charge in [0.1, 0.15) is 0 Å². The van der Waals surface area contributed by atoms with Crippen LogP contribution >= 0.6 is 35.0 Å². The van der Waals surface area contributed by atoms with Gasteiger partial charge in [-0.3, -0.25) is 0 Å². The number of hydrogen-bond acceptors (Lipinski definition) is 1. The molecule has 76 valence electrons. The molecule has 0 unspecified atom stereocenters. The van der Waals surface area contributed by atoms with Gasteiger partial charge in [-0.15, -0.1) is 11.8 Å². The Morgan fingerprint density at radius 1 is 0.923 bits per heavy atom. The van der Waals surface area contributed by atoms with E-state index in [2.05, 4.69) is 27.7 Å². The Labute approximate surface area is 94.7 Å². The van der Waals surface area contributed by atoms with E-state index in [4.69, 9.17) is 23.2 Å². The molecule has 1 aliphatic heterocycles. The zero-order valence-corrected chi connectivity index (χ0v) is 10.9. The Bertz CT molecular complexity index is 240. The Hall–Kier alpha value is 0.930. The highest BCUT2D eigenvalue weighted by atomic mass is 35.5. The molecule has 1 aliphatic carbocycles. The van der Waals surface area contributed by atoms with Crippen LogP contribution in [0.3, 0.4) is 0 Å². The normalized spacial score (nSPS) is 36.5. The molecule has 0 aromatic rings. The van der Waals surface area contributed by atoms with E-state index in [1.54, 1.807) is 11.8 Å². The third kappa shape index (κ3) is 1.02. The Kier molecular flexibility index (Phi) is 1.90. The van der Waals surface area contributed by atoms with Gasteiger partial charge in [0.25, 0.3) is 0 Å². The highest BCUT2D eigenvalue weighted by molar-refractivity contribution is 8.13. The second-order valence-electron chi connectivity index (χ2n) is 5.57. The number of alkyl halides is 2. The van der Waals surface area contributed by atoms with E-state index in [1.807, 2.05) is 0 Å². The van der Waals surface area contributed by atoms with E-state index in [-0.39, 0.29) is 15.6 Å². The molecule has 2 fully saturated rings. The molecule has 1 heterocycles. The molecule has 0 amide bonds. The van der Waals surface area contributed by atoms with Gasteiger partial charge in [-0.1, -0.05) is 50.9 Å². The number of thioether (sulfide) groups is 1. The van der Waals surface area contributed by atoms with Crippen LogP contribution in [0.15, 0.2) is 0 Å². The summed E-state index contributed by atoms with van der Waals surface area (Å²) < 4.78 is -0.466. The van der Waals surface area contributed by atoms with E-state index in [0.29, 0.717) is 0 Å². The maximum atomic E-state index is 6.30. The third-order valence-corrected chi connectivity index (χ3v) is 7.26. The van der Waals surface area contributed by atoms with Gasteiger partial charge < -0.3 is 0 Å². The van der Waals surface area contributed by atoms with Crippen LogP contribution in [-0.2, 0) is 0 Å². The fourth-order valence-electron chi connectivity index (χ4n) is 3.12. The summed E-state index contributed by atoms with van der Waals surface area (Å²) in [6.07, 6.45) is 2.46. The van der Waals surface area contributed by atoms with Crippen molar-refractivity contribution in [3.05, 3.63) is 0 Å². The molecule has 0 aromatic carbocycles. The van der Waals surface area contributed by atoms with Crippen LogP contribution in [0.4, 0.5) is 0 Å². The van der Waals surface area contributed by atoms with Crippen LogP contribution in [0.2, 0.25) is 0 Å². The minimum Gasteiger partial charge on any atom is -0.110 e. The van der Waals surface area contributed by atoms with Gasteiger partial charge in [-0.2, -0.15) is 0 Å². The lowest BCUT2D eigenvalue weighted by Gasteiger charge is -2.35. The lowest BCUT2D eigenvalue weighted by molar-refractivity contribution is 0.238. The fraction of sp³-hybridized carbons (Fsp3) is 1.00. The van der Waals surface area contributed by atoms with Crippen molar-refractivity contribution in [2.75, 3.05) is 0 Å². The van der Waals surface area contributed by atoms with Crippen molar-refractivity contribution in [3.63, 3.8) is 0 Å². The van der Waals surface area contributed by atoms with Gasteiger partial charge in [-0.05, 0) is 23.7 Å². The van der Waals surface area contributed by atoms with Crippen LogP contribution in [-0.4, -0.2) is 8.41 Å². The monoisotopic (exact) mass is 238 g/mol. The highest BCUT2D eigenvalue weighted by Crippen LogP contribution is 2.85. The smallest absolute Gasteiger partial charge is 0.110 e. The predicted octanol–water partition coefficient (Wildman–Crippen LogP) is 4.45. The first-order chi connectivity index (χ1) is 5.66. The van der Waals surface area contributed by atoms with Gasteiger partial charge in [0, 0.05) is 0 Å². The van der Waals surface area contributed by atoms with E-state index < -0.39 is 3.67 Å². The fourth-order valence-corrected chi connectivity index (χ4v) is 6.48. The summed E-state index contributed by atoms with van der Waals surface area (Å²) in [5, 5.41) is 0. The van der Waals surface area contributed by atoms with Crippen LogP contribution in [0.25, 0.3) is 0 Å². The molecule has 3 heteroatoms. The minimum absolute atomic E-state index is 0.0795. The molecule has 2 rings (SSSR count). The van der Waals surface area contributed by atoms with E-state index >= 15 is 0 Å². The minimum atomic E-state index is -0.545. The van der Waals surface area contributed by atoms with Crippen molar-refractivity contribution >= 4 is 35.0 Å². The topological polar surface area (TPSA) is 0 Å². The molecule has 1 saturated heterocycles. The molecule has 0 nitrogen and oxygen atoms in total. The first-order valence-electron chi connectivity index (χ1n) is 4.74. The lowest BCUT2D eigenvalue weighted by Crippen LogP contribution is -2.40. The van der Waals surface area contributed by atoms with Crippen LogP contribution in [0.5, 0.6) is 0 Å². The van der Waals surface area contributed by atoms with E-state index in [1.165, 1.54) is 12.8 Å². The molecular weight excluding hydrogens is 223 g/mol. The van der Waals surface area contributed by atoms with Crippen molar-refractivity contribution in [2.24, 2.45) is 10.8 Å². The first-order valence-corrected chi connectivity index (χ1v) is 6.32. The highest BCUT2D eigenvalue weighted by Gasteiger charge is 2.81. The number of halogens is 2. The van der Waals surface area contributed by atoms with Crippen molar-refractivity contribution in [1.82, 2.24) is 0 Å². The van der Waals surface area contributed by atoms with Gasteiger partial charge in [0.2, 0.25) is 0 Å².